The summed E-state index contributed by atoms with van der Waals surface area (Å²) in [5.41, 5.74) is 0. The summed E-state index contributed by atoms with van der Waals surface area (Å²) < 4.78 is 0. The molecule has 0 spiro atoms. The summed E-state index contributed by atoms with van der Waals surface area (Å²) in [6.45, 7) is 0. The lowest BCUT2D eigenvalue weighted by Crippen LogP contribution is -2.03. The highest BCUT2D eigenvalue weighted by atomic mass is 14.3. The quantitative estimate of drug-likeness (QED) is 0.462. The van der Waals surface area contributed by atoms with Crippen LogP contribution in [0.1, 0.15) is 19.3 Å². The first-order chi connectivity index (χ1) is 3.93. The van der Waals surface area contributed by atoms with E-state index in [1.54, 1.807) is 0 Å². The third kappa shape index (κ3) is 1.23. The van der Waals surface area contributed by atoms with Crippen molar-refractivity contribution in [3.8, 4) is 6.07 Å². The zero-order chi connectivity index (χ0) is 5.82. The molecule has 1 unspecified atom stereocenters. The maximum absolute atomic E-state index is 8.39. The van der Waals surface area contributed by atoms with Gasteiger partial charge in [-0.1, -0.05) is 0 Å². The zero-order valence-corrected chi connectivity index (χ0v) is 4.80. The molecule has 0 bridgehead atoms. The van der Waals surface area contributed by atoms with E-state index in [4.69, 9.17) is 5.26 Å². The van der Waals surface area contributed by atoms with Crippen LogP contribution in [-0.4, -0.2) is 0 Å². The molecule has 0 heterocycles. The van der Waals surface area contributed by atoms with E-state index in [0.29, 0.717) is 0 Å². The second-order valence-corrected chi connectivity index (χ2v) is 2.07. The van der Waals surface area contributed by atoms with Crippen LogP contribution >= 0.6 is 0 Å². The number of hydrogen-bond donors (Lipinski definition) is 0. The molecule has 8 heavy (non-hydrogen) atoms. The van der Waals surface area contributed by atoms with Gasteiger partial charge in [0.2, 0.25) is 0 Å². The van der Waals surface area contributed by atoms with Crippen molar-refractivity contribution in [2.24, 2.45) is 5.92 Å². The van der Waals surface area contributed by atoms with Crippen molar-refractivity contribution in [3.05, 3.63) is 12.8 Å². The maximum atomic E-state index is 8.39. The van der Waals surface area contributed by atoms with Crippen molar-refractivity contribution in [3.63, 3.8) is 0 Å². The monoisotopic (exact) mass is 107 g/mol. The first-order valence-corrected chi connectivity index (χ1v) is 2.98. The predicted molar refractivity (Wildman–Crippen MR) is 31.6 cm³/mol. The lowest BCUT2D eigenvalue weighted by Gasteiger charge is -2.12. The Balaban J connectivity index is 2.25. The van der Waals surface area contributed by atoms with Crippen molar-refractivity contribution in [2.45, 2.75) is 19.3 Å². The van der Waals surface area contributed by atoms with Crippen LogP contribution in [0.2, 0.25) is 0 Å². The second kappa shape index (κ2) is 2.71. The molecule has 42 valence electrons. The molecular weight excluding hydrogens is 98.1 g/mol. The summed E-state index contributed by atoms with van der Waals surface area (Å²) >= 11 is 0. The fourth-order valence-electron chi connectivity index (χ4n) is 0.914. The Kier molecular flexibility index (Phi) is 1.91. The summed E-state index contributed by atoms with van der Waals surface area (Å²) in [5, 5.41) is 8.39. The van der Waals surface area contributed by atoms with Crippen LogP contribution in [0.4, 0.5) is 0 Å². The van der Waals surface area contributed by atoms with E-state index in [0.717, 1.165) is 19.3 Å². The molecule has 1 rings (SSSR count). The van der Waals surface area contributed by atoms with Gasteiger partial charge in [0.05, 0.1) is 6.07 Å². The summed E-state index contributed by atoms with van der Waals surface area (Å²) in [4.78, 5) is 0. The molecule has 1 saturated carbocycles. The van der Waals surface area contributed by atoms with Crippen LogP contribution in [0.25, 0.3) is 0 Å². The van der Waals surface area contributed by atoms with Crippen molar-refractivity contribution in [2.75, 3.05) is 0 Å². The molecule has 0 N–H and O–H groups in total. The van der Waals surface area contributed by atoms with E-state index in [1.807, 2.05) is 0 Å². The Morgan fingerprint density at radius 1 is 1.50 bits per heavy atom. The van der Waals surface area contributed by atoms with Gasteiger partial charge in [0.1, 0.15) is 0 Å². The lowest BCUT2D eigenvalue weighted by molar-refractivity contribution is 0.616. The number of nitriles is 1. The third-order valence-corrected chi connectivity index (χ3v) is 1.41. The largest absolute Gasteiger partial charge is 0.198 e. The van der Waals surface area contributed by atoms with Crippen LogP contribution in [0.3, 0.4) is 0 Å². The van der Waals surface area contributed by atoms with Gasteiger partial charge in [-0.25, -0.2) is 0 Å². The zero-order valence-electron chi connectivity index (χ0n) is 4.80. The normalized spacial score (nSPS) is 22.4. The van der Waals surface area contributed by atoms with Crippen LogP contribution in [-0.2, 0) is 0 Å². The van der Waals surface area contributed by atoms with Gasteiger partial charge in [0.25, 0.3) is 0 Å². The molecule has 1 nitrogen and oxygen atoms in total. The molecule has 0 aliphatic heterocycles. The topological polar surface area (TPSA) is 23.8 Å². The van der Waals surface area contributed by atoms with Gasteiger partial charge in [-0.05, 0) is 32.1 Å². The van der Waals surface area contributed by atoms with E-state index in [-0.39, 0.29) is 5.92 Å². The highest BCUT2D eigenvalue weighted by molar-refractivity contribution is 4.99. The molecule has 0 amide bonds. The summed E-state index contributed by atoms with van der Waals surface area (Å²) in [5.74, 6) is 0.212. The van der Waals surface area contributed by atoms with Gasteiger partial charge in [-0.3, -0.25) is 0 Å². The minimum absolute atomic E-state index is 0.212. The predicted octanol–water partition coefficient (Wildman–Crippen LogP) is 1.72. The summed E-state index contributed by atoms with van der Waals surface area (Å²) in [6.07, 6.45) is 7.51. The van der Waals surface area contributed by atoms with Gasteiger partial charge >= 0.3 is 0 Å². The van der Waals surface area contributed by atoms with Crippen LogP contribution in [0, 0.1) is 30.1 Å². The molecule has 1 atom stereocenters. The van der Waals surface area contributed by atoms with E-state index in [2.05, 4.69) is 18.9 Å². The van der Waals surface area contributed by atoms with Crippen LogP contribution in [0.15, 0.2) is 0 Å². The maximum Gasteiger partial charge on any atom is 0.0658 e. The highest BCUT2D eigenvalue weighted by Crippen LogP contribution is 2.20. The Morgan fingerprint density at radius 3 is 2.75 bits per heavy atom. The van der Waals surface area contributed by atoms with E-state index in [1.165, 1.54) is 0 Å². The molecule has 0 saturated heterocycles. The number of hydrogen-bond acceptors (Lipinski definition) is 1. The fourth-order valence-corrected chi connectivity index (χ4v) is 0.914. The van der Waals surface area contributed by atoms with Crippen molar-refractivity contribution < 1.29 is 0 Å². The molecular formula is C7H9N. The van der Waals surface area contributed by atoms with Crippen molar-refractivity contribution >= 4 is 0 Å². The van der Waals surface area contributed by atoms with Crippen molar-refractivity contribution in [1.82, 2.24) is 0 Å². The Hall–Kier alpha value is -0.510. The molecule has 0 aromatic carbocycles. The average Bonchev–Trinajstić information content (AvgIpc) is 1.90. The third-order valence-electron chi connectivity index (χ3n) is 1.41. The Labute approximate surface area is 50.3 Å². The Morgan fingerprint density at radius 2 is 2.38 bits per heavy atom. The standard InChI is InChI=1S/C7H9N/c8-6-7-4-2-1-3-5-7/h2,5,7H,1,3-4H2. The first-order valence-electron chi connectivity index (χ1n) is 2.98. The van der Waals surface area contributed by atoms with E-state index in [9.17, 15) is 0 Å². The van der Waals surface area contributed by atoms with Gasteiger partial charge in [0, 0.05) is 5.92 Å². The fraction of sp³-hybridized carbons (Fsp3) is 0.571. The van der Waals surface area contributed by atoms with E-state index < -0.39 is 0 Å². The average molecular weight is 107 g/mol. The lowest BCUT2D eigenvalue weighted by atomic mass is 9.91. The summed E-state index contributed by atoms with van der Waals surface area (Å²) in [7, 11) is 0. The number of nitrogens with zero attached hydrogens (tertiary/aromatic N) is 1. The Bertz CT molecular complexity index is 95.4. The molecule has 1 aliphatic carbocycles. The van der Waals surface area contributed by atoms with Crippen LogP contribution < -0.4 is 0 Å². The van der Waals surface area contributed by atoms with Crippen LogP contribution in [0.5, 0.6) is 0 Å². The van der Waals surface area contributed by atoms with Gasteiger partial charge in [0.15, 0.2) is 0 Å². The summed E-state index contributed by atoms with van der Waals surface area (Å²) in [6, 6.07) is 2.22. The molecule has 1 aliphatic rings. The van der Waals surface area contributed by atoms with Gasteiger partial charge in [-0.15, -0.1) is 0 Å². The van der Waals surface area contributed by atoms with E-state index >= 15 is 0 Å². The molecule has 1 fully saturated rings. The molecule has 1 heteroatoms. The minimum atomic E-state index is 0.212. The molecule has 2 radical (unpaired) electrons. The minimum Gasteiger partial charge on any atom is -0.198 e. The van der Waals surface area contributed by atoms with Gasteiger partial charge in [-0.2, -0.15) is 5.26 Å². The smallest absolute Gasteiger partial charge is 0.0658 e. The second-order valence-electron chi connectivity index (χ2n) is 2.07. The SMILES string of the molecule is N#CC1[CH]CC[CH]C1. The molecule has 0 aromatic rings. The molecule has 0 aromatic heterocycles. The highest BCUT2D eigenvalue weighted by Gasteiger charge is 2.11. The van der Waals surface area contributed by atoms with Gasteiger partial charge < -0.3 is 0 Å². The van der Waals surface area contributed by atoms with Crippen molar-refractivity contribution in [1.29, 1.82) is 5.26 Å². The first kappa shape index (κ1) is 5.62. The number of rotatable bonds is 0.